The number of quaternary nitrogens is 1. The third kappa shape index (κ3) is 6.83. The van der Waals surface area contributed by atoms with Crippen LogP contribution in [0, 0.1) is 5.92 Å². The van der Waals surface area contributed by atoms with Crippen LogP contribution in [0.1, 0.15) is 70.6 Å². The van der Waals surface area contributed by atoms with Gasteiger partial charge in [0, 0.05) is 5.97 Å². The Morgan fingerprint density at radius 3 is 1.38 bits per heavy atom. The number of carboxylic acid groups (broad SMARTS) is 1. The highest BCUT2D eigenvalue weighted by atomic mass is 16.4. The van der Waals surface area contributed by atoms with Gasteiger partial charge in [0.05, 0.1) is 0 Å². The zero-order chi connectivity index (χ0) is 10.9. The molecule has 16 heavy (non-hydrogen) atoms. The average molecular weight is 229 g/mol. The standard InChI is InChI=1S/C13H24O2.H3N/c14-13(15)12-10-8-6-4-2-1-3-5-7-9-11-12;/h12H,1-11H2,(H,14,15);1H3. The van der Waals surface area contributed by atoms with E-state index in [-0.39, 0.29) is 12.1 Å². The molecule has 0 aromatic heterocycles. The number of hydrogen-bond acceptors (Lipinski definition) is 2. The number of carbonyl (C=O) groups is 1. The lowest BCUT2D eigenvalue weighted by Gasteiger charge is -2.18. The highest BCUT2D eigenvalue weighted by molar-refractivity contribution is 5.67. The Kier molecular flexibility index (Phi) is 9.30. The molecular weight excluding hydrogens is 202 g/mol. The zero-order valence-electron chi connectivity index (χ0n) is 10.7. The van der Waals surface area contributed by atoms with Gasteiger partial charge in [-0.1, -0.05) is 57.8 Å². The van der Waals surface area contributed by atoms with Gasteiger partial charge in [-0.3, -0.25) is 0 Å². The lowest BCUT2D eigenvalue weighted by atomic mass is 9.93. The molecule has 0 aromatic rings. The first kappa shape index (κ1) is 15.4. The van der Waals surface area contributed by atoms with E-state index in [1.807, 2.05) is 0 Å². The third-order valence-corrected chi connectivity index (χ3v) is 3.44. The zero-order valence-corrected chi connectivity index (χ0v) is 10.7. The molecule has 0 spiro atoms. The minimum Gasteiger partial charge on any atom is -0.550 e. The lowest BCUT2D eigenvalue weighted by molar-refractivity contribution is -0.312. The first-order valence-corrected chi connectivity index (χ1v) is 6.51. The highest BCUT2D eigenvalue weighted by Crippen LogP contribution is 2.20. The van der Waals surface area contributed by atoms with Crippen molar-refractivity contribution in [2.45, 2.75) is 70.6 Å². The highest BCUT2D eigenvalue weighted by Gasteiger charge is 2.09. The van der Waals surface area contributed by atoms with E-state index in [2.05, 4.69) is 0 Å². The van der Waals surface area contributed by atoms with Crippen LogP contribution in [0.2, 0.25) is 0 Å². The van der Waals surface area contributed by atoms with E-state index in [1.54, 1.807) is 0 Å². The molecule has 1 fully saturated rings. The first-order valence-electron chi connectivity index (χ1n) is 6.51. The van der Waals surface area contributed by atoms with Crippen molar-refractivity contribution in [3.05, 3.63) is 0 Å². The molecule has 3 nitrogen and oxygen atoms in total. The number of aliphatic carboxylic acids is 1. The van der Waals surface area contributed by atoms with Gasteiger partial charge in [0.25, 0.3) is 0 Å². The normalized spacial score (nSPS) is 21.2. The van der Waals surface area contributed by atoms with Gasteiger partial charge in [0.2, 0.25) is 0 Å². The second-order valence-electron chi connectivity index (χ2n) is 4.78. The molecule has 0 radical (unpaired) electrons. The largest absolute Gasteiger partial charge is 0.550 e. The van der Waals surface area contributed by atoms with Crippen LogP contribution in [-0.4, -0.2) is 5.97 Å². The van der Waals surface area contributed by atoms with Crippen LogP contribution < -0.4 is 11.3 Å². The van der Waals surface area contributed by atoms with Crippen molar-refractivity contribution < 1.29 is 9.90 Å². The Balaban J connectivity index is 0.00000225. The number of rotatable bonds is 1. The Bertz CT molecular complexity index is 171. The van der Waals surface area contributed by atoms with Crippen LogP contribution in [0.3, 0.4) is 0 Å². The summed E-state index contributed by atoms with van der Waals surface area (Å²) in [5.74, 6) is -1.00. The molecule has 0 heterocycles. The fourth-order valence-electron chi connectivity index (χ4n) is 2.40. The quantitative estimate of drug-likeness (QED) is 0.750. The summed E-state index contributed by atoms with van der Waals surface area (Å²) in [6.45, 7) is 0. The predicted molar refractivity (Wildman–Crippen MR) is 65.3 cm³/mol. The summed E-state index contributed by atoms with van der Waals surface area (Å²) in [6, 6.07) is 0. The van der Waals surface area contributed by atoms with Gasteiger partial charge in [-0.25, -0.2) is 0 Å². The smallest absolute Gasteiger partial charge is 0.0445 e. The van der Waals surface area contributed by atoms with E-state index in [0.717, 1.165) is 25.7 Å². The van der Waals surface area contributed by atoms with E-state index >= 15 is 0 Å². The van der Waals surface area contributed by atoms with E-state index in [4.69, 9.17) is 0 Å². The molecule has 1 aliphatic carbocycles. The SMILES string of the molecule is O=C([O-])C1CCCCCCCCCCC1.[NH4+]. The molecule has 0 atom stereocenters. The second kappa shape index (κ2) is 9.64. The molecule has 1 saturated carbocycles. The Morgan fingerprint density at radius 1 is 0.750 bits per heavy atom. The third-order valence-electron chi connectivity index (χ3n) is 3.44. The number of carbonyl (C=O) groups excluding carboxylic acids is 1. The van der Waals surface area contributed by atoms with Gasteiger partial charge >= 0.3 is 0 Å². The molecule has 0 saturated heterocycles. The van der Waals surface area contributed by atoms with Gasteiger partial charge in [0.15, 0.2) is 0 Å². The molecule has 96 valence electrons. The van der Waals surface area contributed by atoms with E-state index < -0.39 is 5.97 Å². The average Bonchev–Trinajstić information content (AvgIpc) is 2.18. The van der Waals surface area contributed by atoms with Crippen molar-refractivity contribution in [3.8, 4) is 0 Å². The first-order chi connectivity index (χ1) is 7.30. The van der Waals surface area contributed by atoms with Crippen LogP contribution >= 0.6 is 0 Å². The summed E-state index contributed by atoms with van der Waals surface area (Å²) in [5.41, 5.74) is 0. The van der Waals surface area contributed by atoms with Crippen molar-refractivity contribution in [1.82, 2.24) is 6.15 Å². The summed E-state index contributed by atoms with van der Waals surface area (Å²) in [4.78, 5) is 10.9. The van der Waals surface area contributed by atoms with Crippen LogP contribution in [-0.2, 0) is 4.79 Å². The van der Waals surface area contributed by atoms with Crippen molar-refractivity contribution in [1.29, 1.82) is 0 Å². The molecule has 1 rings (SSSR count). The van der Waals surface area contributed by atoms with Gasteiger partial charge in [0.1, 0.15) is 0 Å². The van der Waals surface area contributed by atoms with Crippen molar-refractivity contribution in [2.24, 2.45) is 5.92 Å². The number of hydrogen-bond donors (Lipinski definition) is 1. The van der Waals surface area contributed by atoms with Gasteiger partial charge in [-0.2, -0.15) is 0 Å². The monoisotopic (exact) mass is 229 g/mol. The summed E-state index contributed by atoms with van der Waals surface area (Å²) >= 11 is 0. The molecule has 0 aromatic carbocycles. The minimum atomic E-state index is -0.827. The predicted octanol–water partition coefficient (Wildman–Crippen LogP) is 3.03. The van der Waals surface area contributed by atoms with E-state index in [9.17, 15) is 9.90 Å². The van der Waals surface area contributed by atoms with Gasteiger partial charge in [-0.15, -0.1) is 0 Å². The molecular formula is C13H27NO2. The van der Waals surface area contributed by atoms with Crippen LogP contribution in [0.4, 0.5) is 0 Å². The molecule has 0 bridgehead atoms. The van der Waals surface area contributed by atoms with Crippen LogP contribution in [0.25, 0.3) is 0 Å². The maximum Gasteiger partial charge on any atom is 0.0445 e. The molecule has 0 unspecified atom stereocenters. The summed E-state index contributed by atoms with van der Waals surface area (Å²) in [7, 11) is 0. The van der Waals surface area contributed by atoms with Crippen molar-refractivity contribution >= 4 is 5.97 Å². The maximum atomic E-state index is 10.9. The second-order valence-corrected chi connectivity index (χ2v) is 4.78. The van der Waals surface area contributed by atoms with Crippen molar-refractivity contribution in [2.75, 3.05) is 0 Å². The molecule has 4 N–H and O–H groups in total. The van der Waals surface area contributed by atoms with E-state index in [0.29, 0.717) is 0 Å². The minimum absolute atomic E-state index is 0. The Morgan fingerprint density at radius 2 is 1.06 bits per heavy atom. The Hall–Kier alpha value is -0.570. The molecule has 0 amide bonds. The molecule has 3 heteroatoms. The lowest BCUT2D eigenvalue weighted by Crippen LogP contribution is -2.31. The maximum absolute atomic E-state index is 10.9. The summed E-state index contributed by atoms with van der Waals surface area (Å²) in [5, 5.41) is 10.9. The molecule has 1 aliphatic rings. The van der Waals surface area contributed by atoms with Gasteiger partial charge in [-0.05, 0) is 18.8 Å². The fourth-order valence-corrected chi connectivity index (χ4v) is 2.40. The topological polar surface area (TPSA) is 76.6 Å². The van der Waals surface area contributed by atoms with Crippen molar-refractivity contribution in [3.63, 3.8) is 0 Å². The number of carboxylic acids is 1. The van der Waals surface area contributed by atoms with Crippen LogP contribution in [0.15, 0.2) is 0 Å². The van der Waals surface area contributed by atoms with Gasteiger partial charge < -0.3 is 16.1 Å². The fraction of sp³-hybridized carbons (Fsp3) is 0.923. The molecule has 0 aliphatic heterocycles. The summed E-state index contributed by atoms with van der Waals surface area (Å²) in [6.07, 6.45) is 12.8. The van der Waals surface area contributed by atoms with E-state index in [1.165, 1.54) is 44.9 Å². The Labute approximate surface area is 99.2 Å². The summed E-state index contributed by atoms with van der Waals surface area (Å²) < 4.78 is 0. The van der Waals surface area contributed by atoms with Crippen LogP contribution in [0.5, 0.6) is 0 Å².